The molecule has 2 aromatic carbocycles. The maximum absolute atomic E-state index is 13.1. The third-order valence-corrected chi connectivity index (χ3v) is 6.90. The van der Waals surface area contributed by atoms with E-state index in [0.29, 0.717) is 13.0 Å². The van der Waals surface area contributed by atoms with Crippen LogP contribution in [0, 0.1) is 10.8 Å². The Bertz CT molecular complexity index is 1350. The molecular weight excluding hydrogens is 630 g/mol. The van der Waals surface area contributed by atoms with E-state index in [4.69, 9.17) is 9.47 Å². The molecule has 11 heteroatoms. The third kappa shape index (κ3) is 10.3. The highest BCUT2D eigenvalue weighted by atomic mass is 79.9. The average Bonchev–Trinajstić information content (AvgIpc) is 3.42. The van der Waals surface area contributed by atoms with E-state index in [-0.39, 0.29) is 64.6 Å². The lowest BCUT2D eigenvalue weighted by Crippen LogP contribution is -2.52. The fraction of sp³-hybridized carbons (Fsp3) is 0.485. The summed E-state index contributed by atoms with van der Waals surface area (Å²) < 4.78 is 11.0. The van der Waals surface area contributed by atoms with Crippen LogP contribution < -0.4 is 20.1 Å². The smallest absolute Gasteiger partial charge is 0.316 e. The van der Waals surface area contributed by atoms with Crippen molar-refractivity contribution in [2.75, 3.05) is 13.1 Å². The van der Waals surface area contributed by atoms with Gasteiger partial charge in [-0.2, -0.15) is 0 Å². The van der Waals surface area contributed by atoms with Gasteiger partial charge in [0.25, 0.3) is 0 Å². The fourth-order valence-corrected chi connectivity index (χ4v) is 4.27. The number of hydrogen-bond donors (Lipinski definition) is 2. The summed E-state index contributed by atoms with van der Waals surface area (Å²) in [5.41, 5.74) is -0.507. The van der Waals surface area contributed by atoms with Crippen LogP contribution in [0.1, 0.15) is 77.2 Å². The normalized spacial score (nSPS) is 15.5. The second-order valence-electron chi connectivity index (χ2n) is 12.9. The quantitative estimate of drug-likeness (QED) is 0.162. The summed E-state index contributed by atoms with van der Waals surface area (Å²) in [5.74, 6) is -1.79. The first kappa shape index (κ1) is 36.6. The van der Waals surface area contributed by atoms with Crippen LogP contribution in [0.5, 0.6) is 11.5 Å². The number of benzene rings is 2. The lowest BCUT2D eigenvalue weighted by molar-refractivity contribution is -0.145. The standard InChI is InChI=1S/C33H43N3O7.BrH/c1-21(35-29(39)24-14-11-17-36(24)28(38)18-22-12-9-8-10-13-22)34-20-25(37)23-15-16-26(42-30(40)32(2,3)4)27(19-23)43-31(41)33(5,6)7;/h8-10,12-13,15-16,19,21,24,34H,11,14,17-18,20H2,1-7H3,(H,35,39);1H. The molecule has 2 unspecified atom stereocenters. The number of nitrogens with zero attached hydrogens (tertiary/aromatic N) is 1. The second kappa shape index (κ2) is 15.4. The van der Waals surface area contributed by atoms with Crippen molar-refractivity contribution in [3.8, 4) is 11.5 Å². The molecule has 2 amide bonds. The Hall–Kier alpha value is -3.57. The van der Waals surface area contributed by atoms with Crippen LogP contribution in [0.2, 0.25) is 0 Å². The highest BCUT2D eigenvalue weighted by Crippen LogP contribution is 2.32. The van der Waals surface area contributed by atoms with Crippen molar-refractivity contribution < 1.29 is 33.4 Å². The predicted octanol–water partition coefficient (Wildman–Crippen LogP) is 4.64. The summed E-state index contributed by atoms with van der Waals surface area (Å²) in [6, 6.07) is 13.1. The third-order valence-electron chi connectivity index (χ3n) is 6.90. The van der Waals surface area contributed by atoms with Gasteiger partial charge in [0.1, 0.15) is 6.04 Å². The number of Topliss-reactive ketones (excluding diaryl/α,β-unsaturated/α-hetero) is 1. The van der Waals surface area contributed by atoms with Crippen molar-refractivity contribution in [3.05, 3.63) is 59.7 Å². The molecule has 2 aromatic rings. The fourth-order valence-electron chi connectivity index (χ4n) is 4.27. The van der Waals surface area contributed by atoms with Gasteiger partial charge in [-0.05, 0) is 85.1 Å². The molecule has 0 spiro atoms. The minimum absolute atomic E-state index is 0. The summed E-state index contributed by atoms with van der Waals surface area (Å²) >= 11 is 0. The Morgan fingerprint density at radius 1 is 0.886 bits per heavy atom. The van der Waals surface area contributed by atoms with E-state index in [1.807, 2.05) is 30.3 Å². The Kier molecular flexibility index (Phi) is 12.8. The Balaban J connectivity index is 0.00000675. The van der Waals surface area contributed by atoms with Crippen LogP contribution in [0.25, 0.3) is 0 Å². The zero-order chi connectivity index (χ0) is 31.9. The monoisotopic (exact) mass is 673 g/mol. The molecule has 0 aliphatic carbocycles. The maximum Gasteiger partial charge on any atom is 0.316 e. The predicted molar refractivity (Wildman–Crippen MR) is 172 cm³/mol. The van der Waals surface area contributed by atoms with Crippen molar-refractivity contribution in [3.63, 3.8) is 0 Å². The molecule has 1 saturated heterocycles. The summed E-state index contributed by atoms with van der Waals surface area (Å²) in [4.78, 5) is 65.7. The maximum atomic E-state index is 13.1. The Morgan fingerprint density at radius 3 is 2.07 bits per heavy atom. The van der Waals surface area contributed by atoms with Crippen molar-refractivity contribution >= 4 is 46.5 Å². The number of esters is 2. The van der Waals surface area contributed by atoms with E-state index < -0.39 is 35.0 Å². The van der Waals surface area contributed by atoms with Crippen molar-refractivity contribution in [2.45, 2.75) is 79.9 Å². The topological polar surface area (TPSA) is 131 Å². The van der Waals surface area contributed by atoms with Gasteiger partial charge in [-0.15, -0.1) is 17.0 Å². The van der Waals surface area contributed by atoms with Crippen molar-refractivity contribution in [1.29, 1.82) is 0 Å². The number of nitrogens with one attached hydrogen (secondary N) is 2. The van der Waals surface area contributed by atoms with Gasteiger partial charge in [0.05, 0.1) is 30.0 Å². The van der Waals surface area contributed by atoms with E-state index in [9.17, 15) is 24.0 Å². The summed E-state index contributed by atoms with van der Waals surface area (Å²) in [7, 11) is 0. The number of hydrogen-bond acceptors (Lipinski definition) is 8. The highest BCUT2D eigenvalue weighted by molar-refractivity contribution is 8.93. The van der Waals surface area contributed by atoms with E-state index in [0.717, 1.165) is 12.0 Å². The molecule has 240 valence electrons. The molecule has 1 fully saturated rings. The lowest BCUT2D eigenvalue weighted by atomic mass is 9.97. The van der Waals surface area contributed by atoms with E-state index in [1.165, 1.54) is 18.2 Å². The molecule has 0 radical (unpaired) electrons. The van der Waals surface area contributed by atoms with Crippen LogP contribution in [0.4, 0.5) is 0 Å². The summed E-state index contributed by atoms with van der Waals surface area (Å²) in [6.45, 7) is 12.3. The first-order valence-corrected chi connectivity index (χ1v) is 14.5. The molecule has 0 aromatic heterocycles. The molecule has 3 rings (SSSR count). The molecule has 1 aliphatic rings. The first-order valence-electron chi connectivity index (χ1n) is 14.5. The average molecular weight is 675 g/mol. The van der Waals surface area contributed by atoms with E-state index >= 15 is 0 Å². The number of rotatable bonds is 10. The number of carbonyl (C=O) groups excluding carboxylic acids is 5. The zero-order valence-electron chi connectivity index (χ0n) is 26.5. The van der Waals surface area contributed by atoms with Crippen molar-refractivity contribution in [1.82, 2.24) is 15.5 Å². The minimum Gasteiger partial charge on any atom is -0.422 e. The molecule has 10 nitrogen and oxygen atoms in total. The second-order valence-corrected chi connectivity index (χ2v) is 12.9. The zero-order valence-corrected chi connectivity index (χ0v) is 28.2. The molecule has 2 atom stereocenters. The van der Waals surface area contributed by atoms with Gasteiger partial charge in [0.15, 0.2) is 17.3 Å². The highest BCUT2D eigenvalue weighted by Gasteiger charge is 2.34. The molecule has 0 bridgehead atoms. The summed E-state index contributed by atoms with van der Waals surface area (Å²) in [5, 5.41) is 5.85. The van der Waals surface area contributed by atoms with Crippen molar-refractivity contribution in [2.24, 2.45) is 10.8 Å². The summed E-state index contributed by atoms with van der Waals surface area (Å²) in [6.07, 6.45) is 0.976. The van der Waals surface area contributed by atoms with Gasteiger partial charge in [-0.3, -0.25) is 29.3 Å². The van der Waals surface area contributed by atoms with Gasteiger partial charge in [-0.1, -0.05) is 30.3 Å². The van der Waals surface area contributed by atoms with Crippen LogP contribution in [-0.2, 0) is 25.6 Å². The Morgan fingerprint density at radius 2 is 1.48 bits per heavy atom. The SMILES string of the molecule is Br.CC(NCC(=O)c1ccc(OC(=O)C(C)(C)C)c(OC(=O)C(C)(C)C)c1)NC(=O)C1CCCN1C(=O)Cc1ccccc1. The number of ketones is 1. The molecular formula is C33H44BrN3O7. The number of likely N-dealkylation sites (tertiary alicyclic amines) is 1. The van der Waals surface area contributed by atoms with Gasteiger partial charge in [-0.25, -0.2) is 0 Å². The van der Waals surface area contributed by atoms with E-state index in [1.54, 1.807) is 53.4 Å². The molecule has 2 N–H and O–H groups in total. The van der Waals surface area contributed by atoms with Crippen LogP contribution in [0.3, 0.4) is 0 Å². The van der Waals surface area contributed by atoms with E-state index in [2.05, 4.69) is 10.6 Å². The van der Waals surface area contributed by atoms with Crippen LogP contribution in [-0.4, -0.2) is 59.7 Å². The number of carbonyl (C=O) groups is 5. The van der Waals surface area contributed by atoms with Crippen LogP contribution in [0.15, 0.2) is 48.5 Å². The number of amides is 2. The van der Waals surface area contributed by atoms with Gasteiger partial charge < -0.3 is 19.7 Å². The number of ether oxygens (including phenoxy) is 2. The Labute approximate surface area is 270 Å². The largest absolute Gasteiger partial charge is 0.422 e. The van der Waals surface area contributed by atoms with Gasteiger partial charge in [0.2, 0.25) is 11.8 Å². The lowest BCUT2D eigenvalue weighted by Gasteiger charge is -2.26. The number of halogens is 1. The van der Waals surface area contributed by atoms with Crippen LogP contribution >= 0.6 is 17.0 Å². The van der Waals surface area contributed by atoms with Gasteiger partial charge >= 0.3 is 11.9 Å². The van der Waals surface area contributed by atoms with Gasteiger partial charge in [0, 0.05) is 12.1 Å². The molecule has 44 heavy (non-hydrogen) atoms. The minimum atomic E-state index is -0.832. The first-order chi connectivity index (χ1) is 20.1. The molecule has 0 saturated carbocycles. The molecule has 1 aliphatic heterocycles. The molecule has 1 heterocycles.